The molecule has 0 aliphatic carbocycles. The second kappa shape index (κ2) is 8.16. The maximum atomic E-state index is 8.60. The highest BCUT2D eigenvalue weighted by atomic mass is 28.4. The fourth-order valence-corrected chi connectivity index (χ4v) is 4.16. The first-order chi connectivity index (χ1) is 7.48. The van der Waals surface area contributed by atoms with Gasteiger partial charge in [-0.25, -0.2) is 0 Å². The normalized spacial score (nSPS) is 15.8. The highest BCUT2D eigenvalue weighted by Gasteiger charge is 2.41. The van der Waals surface area contributed by atoms with Gasteiger partial charge in [0.1, 0.15) is 6.79 Å². The average molecular weight is 251 g/mol. The zero-order valence-electron chi connectivity index (χ0n) is 11.0. The maximum absolute atomic E-state index is 8.60. The summed E-state index contributed by atoms with van der Waals surface area (Å²) in [6.07, 6.45) is 0. The van der Waals surface area contributed by atoms with Gasteiger partial charge < -0.3 is 18.7 Å². The molecule has 0 spiro atoms. The van der Waals surface area contributed by atoms with Crippen LogP contribution in [0.5, 0.6) is 0 Å². The third-order valence-electron chi connectivity index (χ3n) is 2.27. The molecule has 1 atom stereocenters. The van der Waals surface area contributed by atoms with Crippen LogP contribution < -0.4 is 0 Å². The summed E-state index contributed by atoms with van der Waals surface area (Å²) >= 11 is 0. The summed E-state index contributed by atoms with van der Waals surface area (Å²) in [6, 6.07) is 0.888. The fraction of sp³-hybridized carbons (Fsp3) is 1.00. The number of rotatable bonds is 9. The maximum Gasteiger partial charge on any atom is 0.429 e. The van der Waals surface area contributed by atoms with Gasteiger partial charge >= 0.3 is 8.72 Å². The van der Waals surface area contributed by atoms with E-state index in [0.717, 1.165) is 6.04 Å². The molecule has 0 rings (SSSR count). The van der Waals surface area contributed by atoms with E-state index in [1.54, 1.807) is 7.11 Å². The number of nitrogens with zero attached hydrogens (tertiary/aromatic N) is 1. The van der Waals surface area contributed by atoms with Gasteiger partial charge in [-0.05, 0) is 20.0 Å². The van der Waals surface area contributed by atoms with Crippen molar-refractivity contribution in [3.8, 4) is 0 Å². The lowest BCUT2D eigenvalue weighted by molar-refractivity contribution is -0.0303. The summed E-state index contributed by atoms with van der Waals surface area (Å²) in [5, 5.41) is 8.60. The van der Waals surface area contributed by atoms with E-state index in [1.165, 1.54) is 0 Å². The molecule has 16 heavy (non-hydrogen) atoms. The smallest absolute Gasteiger partial charge is 0.394 e. The number of aliphatic hydroxyl groups is 1. The van der Waals surface area contributed by atoms with Gasteiger partial charge in [-0.15, -0.1) is 0 Å². The Kier molecular flexibility index (Phi) is 8.17. The molecule has 5 nitrogen and oxygen atoms in total. The van der Waals surface area contributed by atoms with Crippen LogP contribution in [0.4, 0.5) is 0 Å². The van der Waals surface area contributed by atoms with Crippen LogP contribution in [0.2, 0.25) is 6.04 Å². The molecule has 0 amide bonds. The molecule has 0 bridgehead atoms. The van der Waals surface area contributed by atoms with Crippen molar-refractivity contribution in [1.29, 1.82) is 0 Å². The van der Waals surface area contributed by atoms with Gasteiger partial charge in [-0.2, -0.15) is 0 Å². The van der Waals surface area contributed by atoms with Crippen LogP contribution in [-0.4, -0.2) is 59.6 Å². The summed E-state index contributed by atoms with van der Waals surface area (Å²) < 4.78 is 18.5. The van der Waals surface area contributed by atoms with Crippen LogP contribution in [0.25, 0.3) is 0 Å². The molecule has 98 valence electrons. The molecule has 0 aliphatic rings. The molecule has 0 fully saturated rings. The summed E-state index contributed by atoms with van der Waals surface area (Å²) in [7, 11) is 3.27. The van der Waals surface area contributed by atoms with Crippen molar-refractivity contribution < 1.29 is 18.7 Å². The molecule has 0 aliphatic heterocycles. The molecular formula is C10H25NO4Si. The molecule has 0 radical (unpaired) electrons. The second-order valence-corrected chi connectivity index (χ2v) is 7.73. The lowest BCUT2D eigenvalue weighted by Crippen LogP contribution is -2.55. The molecule has 0 saturated heterocycles. The van der Waals surface area contributed by atoms with Gasteiger partial charge in [0.2, 0.25) is 0 Å². The van der Waals surface area contributed by atoms with Gasteiger partial charge in [0.05, 0.1) is 13.2 Å². The Morgan fingerprint density at radius 3 is 2.31 bits per heavy atom. The van der Waals surface area contributed by atoms with E-state index < -0.39 is 8.72 Å². The lowest BCUT2D eigenvalue weighted by Gasteiger charge is -2.35. The van der Waals surface area contributed by atoms with Crippen molar-refractivity contribution in [2.75, 3.05) is 41.2 Å². The van der Waals surface area contributed by atoms with Crippen LogP contribution in [0.1, 0.15) is 13.8 Å². The van der Waals surface area contributed by atoms with Crippen molar-refractivity contribution in [1.82, 2.24) is 4.57 Å². The number of ether oxygens (including phenoxy) is 1. The van der Waals surface area contributed by atoms with E-state index in [-0.39, 0.29) is 13.4 Å². The minimum Gasteiger partial charge on any atom is -0.394 e. The second-order valence-electron chi connectivity index (χ2n) is 4.30. The Morgan fingerprint density at radius 2 is 1.94 bits per heavy atom. The Balaban J connectivity index is 4.28. The van der Waals surface area contributed by atoms with E-state index in [2.05, 4.69) is 13.8 Å². The number of aliphatic hydroxyl groups excluding tert-OH is 1. The van der Waals surface area contributed by atoms with Gasteiger partial charge in [0, 0.05) is 13.2 Å². The van der Waals surface area contributed by atoms with Crippen molar-refractivity contribution in [3.63, 3.8) is 0 Å². The SMILES string of the molecule is CO[Si](CC(C)C)(OCOCCO)N(C)C. The van der Waals surface area contributed by atoms with Crippen molar-refractivity contribution in [3.05, 3.63) is 0 Å². The zero-order valence-corrected chi connectivity index (χ0v) is 12.0. The lowest BCUT2D eigenvalue weighted by atomic mass is 10.3. The predicted molar refractivity (Wildman–Crippen MR) is 65.1 cm³/mol. The van der Waals surface area contributed by atoms with Crippen LogP contribution in [-0.2, 0) is 13.6 Å². The Bertz CT molecular complexity index is 180. The summed E-state index contributed by atoms with van der Waals surface area (Å²) in [5.74, 6) is 0.506. The van der Waals surface area contributed by atoms with E-state index in [9.17, 15) is 0 Å². The van der Waals surface area contributed by atoms with Crippen molar-refractivity contribution >= 4 is 8.72 Å². The van der Waals surface area contributed by atoms with Crippen molar-refractivity contribution in [2.24, 2.45) is 5.92 Å². The zero-order chi connectivity index (χ0) is 12.6. The standard InChI is InChI=1S/C10H25NO4Si/c1-10(2)8-16(13-5,11(3)4)15-9-14-7-6-12/h10,12H,6-9H2,1-5H3. The third-order valence-corrected chi connectivity index (χ3v) is 6.17. The topological polar surface area (TPSA) is 51.2 Å². The number of hydrogen-bond acceptors (Lipinski definition) is 5. The van der Waals surface area contributed by atoms with Gasteiger partial charge in [0.25, 0.3) is 0 Å². The molecule has 0 heterocycles. The van der Waals surface area contributed by atoms with Crippen LogP contribution >= 0.6 is 0 Å². The van der Waals surface area contributed by atoms with E-state index in [1.807, 2.05) is 18.7 Å². The molecule has 0 saturated carbocycles. The Labute approximate surface area is 99.6 Å². The van der Waals surface area contributed by atoms with Crippen LogP contribution in [0.3, 0.4) is 0 Å². The Morgan fingerprint density at radius 1 is 1.31 bits per heavy atom. The first-order valence-electron chi connectivity index (χ1n) is 5.53. The van der Waals surface area contributed by atoms with E-state index in [4.69, 9.17) is 18.7 Å². The molecular weight excluding hydrogens is 226 g/mol. The van der Waals surface area contributed by atoms with Gasteiger partial charge in [-0.3, -0.25) is 4.57 Å². The highest BCUT2D eigenvalue weighted by molar-refractivity contribution is 6.64. The minimum absolute atomic E-state index is 0.0110. The minimum atomic E-state index is -2.33. The highest BCUT2D eigenvalue weighted by Crippen LogP contribution is 2.20. The fourth-order valence-electron chi connectivity index (χ4n) is 1.47. The predicted octanol–water partition coefficient (Wildman–Crippen LogP) is 0.772. The molecule has 1 N–H and O–H groups in total. The van der Waals surface area contributed by atoms with E-state index >= 15 is 0 Å². The third kappa shape index (κ3) is 5.38. The first kappa shape index (κ1) is 16.0. The summed E-state index contributed by atoms with van der Waals surface area (Å²) in [4.78, 5) is 0. The molecule has 0 aromatic carbocycles. The number of hydrogen-bond donors (Lipinski definition) is 1. The van der Waals surface area contributed by atoms with Crippen LogP contribution in [0, 0.1) is 5.92 Å². The van der Waals surface area contributed by atoms with Gasteiger partial charge in [0.15, 0.2) is 0 Å². The van der Waals surface area contributed by atoms with Crippen molar-refractivity contribution in [2.45, 2.75) is 19.9 Å². The van der Waals surface area contributed by atoms with Crippen LogP contribution in [0.15, 0.2) is 0 Å². The van der Waals surface area contributed by atoms with E-state index in [0.29, 0.717) is 12.5 Å². The molecule has 1 unspecified atom stereocenters. The largest absolute Gasteiger partial charge is 0.429 e. The molecule has 0 aromatic rings. The summed E-state index contributed by atoms with van der Waals surface area (Å²) in [5.41, 5.74) is 0. The molecule has 6 heteroatoms. The quantitative estimate of drug-likeness (QED) is 0.373. The first-order valence-corrected chi connectivity index (χ1v) is 7.50. The van der Waals surface area contributed by atoms with Gasteiger partial charge in [-0.1, -0.05) is 13.8 Å². The Hall–Kier alpha value is 0.0169. The summed E-state index contributed by atoms with van der Waals surface area (Å²) in [6.45, 7) is 4.76. The monoisotopic (exact) mass is 251 g/mol. The molecule has 0 aromatic heterocycles. The average Bonchev–Trinajstić information content (AvgIpc) is 2.21.